The Morgan fingerprint density at radius 2 is 2.21 bits per heavy atom. The summed E-state index contributed by atoms with van der Waals surface area (Å²) in [6, 6.07) is -0.187. The quantitative estimate of drug-likeness (QED) is 0.809. The van der Waals surface area contributed by atoms with Crippen molar-refractivity contribution < 1.29 is 9.90 Å². The number of carbonyl (C=O) groups is 1. The third kappa shape index (κ3) is 2.53. The van der Waals surface area contributed by atoms with Crippen LogP contribution in [0, 0.1) is 13.8 Å². The van der Waals surface area contributed by atoms with Gasteiger partial charge in [-0.05, 0) is 38.7 Å². The third-order valence-electron chi connectivity index (χ3n) is 3.78. The highest BCUT2D eigenvalue weighted by Crippen LogP contribution is 2.19. The molecule has 1 amide bonds. The third-order valence-corrected chi connectivity index (χ3v) is 3.78. The average molecular weight is 265 g/mol. The van der Waals surface area contributed by atoms with Gasteiger partial charge in [-0.1, -0.05) is 0 Å². The smallest absolute Gasteiger partial charge is 0.277 e. The largest absolute Gasteiger partial charge is 0.394 e. The van der Waals surface area contributed by atoms with Crippen LogP contribution in [0.3, 0.4) is 0 Å². The van der Waals surface area contributed by atoms with Crippen LogP contribution in [0.1, 0.15) is 40.9 Å². The summed E-state index contributed by atoms with van der Waals surface area (Å²) in [5.74, 6) is -0.303. The second-order valence-corrected chi connectivity index (χ2v) is 4.97. The number of aliphatic hydroxyl groups is 1. The van der Waals surface area contributed by atoms with E-state index in [0.29, 0.717) is 17.8 Å². The Hall–Kier alpha value is -1.69. The molecule has 1 fully saturated rings. The van der Waals surface area contributed by atoms with Crippen LogP contribution < -0.4 is 5.56 Å². The molecule has 6 nitrogen and oxygen atoms in total. The maximum absolute atomic E-state index is 12.5. The lowest BCUT2D eigenvalue weighted by molar-refractivity contribution is 0.0500. The van der Waals surface area contributed by atoms with Crippen LogP contribution in [-0.4, -0.2) is 45.3 Å². The number of carbonyl (C=O) groups excluding carboxylic acids is 1. The molecule has 0 bridgehead atoms. The van der Waals surface area contributed by atoms with E-state index in [2.05, 4.69) is 10.2 Å². The molecule has 1 aliphatic rings. The molecule has 1 aromatic heterocycles. The van der Waals surface area contributed by atoms with E-state index in [9.17, 15) is 14.7 Å². The number of amides is 1. The molecular formula is C13H19N3O3. The number of hydrogen-bond donors (Lipinski definition) is 2. The second kappa shape index (κ2) is 5.52. The van der Waals surface area contributed by atoms with Crippen molar-refractivity contribution in [2.75, 3.05) is 13.2 Å². The summed E-state index contributed by atoms with van der Waals surface area (Å²) in [5.41, 5.74) is 0.930. The SMILES string of the molecule is Cc1n[nH]c(=O)c(C(=O)N2CCCCC2CO)c1C. The van der Waals surface area contributed by atoms with Crippen molar-refractivity contribution in [2.24, 2.45) is 0 Å². The predicted molar refractivity (Wildman–Crippen MR) is 70.1 cm³/mol. The number of nitrogens with zero attached hydrogens (tertiary/aromatic N) is 2. The summed E-state index contributed by atoms with van der Waals surface area (Å²) >= 11 is 0. The standard InChI is InChI=1S/C13H19N3O3/c1-8-9(2)14-15-12(18)11(8)13(19)16-6-4-3-5-10(16)7-17/h10,17H,3-7H2,1-2H3,(H,15,18). The van der Waals surface area contributed by atoms with Gasteiger partial charge in [-0.2, -0.15) is 5.10 Å². The zero-order chi connectivity index (χ0) is 14.0. The van der Waals surface area contributed by atoms with Gasteiger partial charge in [0.05, 0.1) is 18.3 Å². The summed E-state index contributed by atoms with van der Waals surface area (Å²) in [6.45, 7) is 4.00. The summed E-state index contributed by atoms with van der Waals surface area (Å²) in [7, 11) is 0. The van der Waals surface area contributed by atoms with Crippen LogP contribution in [-0.2, 0) is 0 Å². The minimum absolute atomic E-state index is 0.0627. The number of hydrogen-bond acceptors (Lipinski definition) is 4. The molecule has 1 aliphatic heterocycles. The number of aromatic nitrogens is 2. The minimum atomic E-state index is -0.463. The van der Waals surface area contributed by atoms with Gasteiger partial charge >= 0.3 is 0 Å². The Morgan fingerprint density at radius 3 is 2.89 bits per heavy atom. The highest BCUT2D eigenvalue weighted by Gasteiger charge is 2.29. The molecular weight excluding hydrogens is 246 g/mol. The molecule has 0 aliphatic carbocycles. The van der Waals surface area contributed by atoms with E-state index in [1.807, 2.05) is 0 Å². The lowest BCUT2D eigenvalue weighted by atomic mass is 10.0. The molecule has 1 aromatic rings. The second-order valence-electron chi connectivity index (χ2n) is 4.97. The predicted octanol–water partition coefficient (Wildman–Crippen LogP) is 0.374. The first kappa shape index (κ1) is 13.7. The van der Waals surface area contributed by atoms with E-state index in [1.54, 1.807) is 18.7 Å². The lowest BCUT2D eigenvalue weighted by Gasteiger charge is -2.34. The molecule has 1 saturated heterocycles. The summed E-state index contributed by atoms with van der Waals surface area (Å²) in [6.07, 6.45) is 2.69. The Kier molecular flexibility index (Phi) is 3.99. The van der Waals surface area contributed by atoms with Crippen LogP contribution in [0.2, 0.25) is 0 Å². The fourth-order valence-electron chi connectivity index (χ4n) is 2.48. The number of aliphatic hydroxyl groups excluding tert-OH is 1. The first-order valence-electron chi connectivity index (χ1n) is 6.54. The Morgan fingerprint density at radius 1 is 1.47 bits per heavy atom. The van der Waals surface area contributed by atoms with E-state index in [1.165, 1.54) is 0 Å². The lowest BCUT2D eigenvalue weighted by Crippen LogP contribution is -2.47. The van der Waals surface area contributed by atoms with E-state index in [4.69, 9.17) is 0 Å². The van der Waals surface area contributed by atoms with Crippen LogP contribution in [0.4, 0.5) is 0 Å². The van der Waals surface area contributed by atoms with Gasteiger partial charge in [0.25, 0.3) is 11.5 Å². The van der Waals surface area contributed by atoms with Crippen LogP contribution in [0.5, 0.6) is 0 Å². The van der Waals surface area contributed by atoms with E-state index in [-0.39, 0.29) is 24.1 Å². The van der Waals surface area contributed by atoms with Crippen LogP contribution >= 0.6 is 0 Å². The van der Waals surface area contributed by atoms with Gasteiger partial charge in [-0.25, -0.2) is 5.10 Å². The van der Waals surface area contributed by atoms with Gasteiger partial charge < -0.3 is 10.0 Å². The Balaban J connectivity index is 2.38. The number of H-pyrrole nitrogens is 1. The molecule has 0 spiro atoms. The maximum atomic E-state index is 12.5. The normalized spacial score (nSPS) is 19.5. The zero-order valence-corrected chi connectivity index (χ0v) is 11.3. The molecule has 1 unspecified atom stereocenters. The molecule has 6 heteroatoms. The van der Waals surface area contributed by atoms with Crippen molar-refractivity contribution in [2.45, 2.75) is 39.2 Å². The molecule has 2 N–H and O–H groups in total. The molecule has 19 heavy (non-hydrogen) atoms. The van der Waals surface area contributed by atoms with E-state index in [0.717, 1.165) is 19.3 Å². The average Bonchev–Trinajstić information content (AvgIpc) is 2.43. The molecule has 104 valence electrons. The minimum Gasteiger partial charge on any atom is -0.394 e. The highest BCUT2D eigenvalue weighted by atomic mass is 16.3. The summed E-state index contributed by atoms with van der Waals surface area (Å²) in [4.78, 5) is 26.0. The zero-order valence-electron chi connectivity index (χ0n) is 11.3. The van der Waals surface area contributed by atoms with Crippen molar-refractivity contribution in [3.8, 4) is 0 Å². The number of piperidine rings is 1. The topological polar surface area (TPSA) is 86.3 Å². The van der Waals surface area contributed by atoms with Crippen LogP contribution in [0.25, 0.3) is 0 Å². The van der Waals surface area contributed by atoms with Crippen molar-refractivity contribution in [3.63, 3.8) is 0 Å². The Bertz CT molecular complexity index is 538. The fraction of sp³-hybridized carbons (Fsp3) is 0.615. The number of aryl methyl sites for hydroxylation is 1. The molecule has 0 saturated carbocycles. The van der Waals surface area contributed by atoms with Gasteiger partial charge in [-0.3, -0.25) is 9.59 Å². The molecule has 2 heterocycles. The van der Waals surface area contributed by atoms with Gasteiger partial charge in [0.2, 0.25) is 0 Å². The summed E-state index contributed by atoms with van der Waals surface area (Å²) in [5, 5.41) is 15.6. The van der Waals surface area contributed by atoms with Crippen molar-refractivity contribution in [3.05, 3.63) is 27.2 Å². The van der Waals surface area contributed by atoms with E-state index < -0.39 is 5.56 Å². The first-order valence-corrected chi connectivity index (χ1v) is 6.54. The highest BCUT2D eigenvalue weighted by molar-refractivity contribution is 5.95. The van der Waals surface area contributed by atoms with Crippen LogP contribution in [0.15, 0.2) is 4.79 Å². The number of nitrogens with one attached hydrogen (secondary N) is 1. The Labute approximate surface area is 111 Å². The van der Waals surface area contributed by atoms with Gasteiger partial charge in [0, 0.05) is 6.54 Å². The van der Waals surface area contributed by atoms with Gasteiger partial charge in [0.1, 0.15) is 5.56 Å². The number of likely N-dealkylation sites (tertiary alicyclic amines) is 1. The van der Waals surface area contributed by atoms with Crippen molar-refractivity contribution in [1.82, 2.24) is 15.1 Å². The van der Waals surface area contributed by atoms with Gasteiger partial charge in [0.15, 0.2) is 0 Å². The number of rotatable bonds is 2. The first-order chi connectivity index (χ1) is 9.06. The molecule has 0 aromatic carbocycles. The van der Waals surface area contributed by atoms with E-state index >= 15 is 0 Å². The van der Waals surface area contributed by atoms with Crippen molar-refractivity contribution in [1.29, 1.82) is 0 Å². The summed E-state index contributed by atoms with van der Waals surface area (Å²) < 4.78 is 0. The maximum Gasteiger partial charge on any atom is 0.277 e. The van der Waals surface area contributed by atoms with Crippen molar-refractivity contribution >= 4 is 5.91 Å². The molecule has 1 atom stereocenters. The fourth-order valence-corrected chi connectivity index (χ4v) is 2.48. The monoisotopic (exact) mass is 265 g/mol. The van der Waals surface area contributed by atoms with Gasteiger partial charge in [-0.15, -0.1) is 0 Å². The molecule has 2 rings (SSSR count). The molecule has 0 radical (unpaired) electrons. The number of aromatic amines is 1.